The highest BCUT2D eigenvalue weighted by molar-refractivity contribution is 7.86. The molecule has 0 aromatic carbocycles. The Labute approximate surface area is 234 Å². The van der Waals surface area contributed by atoms with Crippen LogP contribution in [0, 0.1) is 46.3 Å². The Hall–Kier alpha value is -1.82. The van der Waals surface area contributed by atoms with Crippen molar-refractivity contribution >= 4 is 29.0 Å². The first kappa shape index (κ1) is 31.1. The summed E-state index contributed by atoms with van der Waals surface area (Å²) in [6.45, 7) is 6.08. The molecule has 9 nitrogen and oxygen atoms in total. The number of alkyl halides is 2. The molecule has 0 aromatic heterocycles. The molecule has 4 rings (SSSR count). The predicted octanol–water partition coefficient (Wildman–Crippen LogP) is 4.78. The van der Waals surface area contributed by atoms with E-state index >= 15 is 0 Å². The molecule has 0 amide bonds. The van der Waals surface area contributed by atoms with E-state index < -0.39 is 27.9 Å². The summed E-state index contributed by atoms with van der Waals surface area (Å²) in [4.78, 5) is 34.7. The predicted molar refractivity (Wildman–Crippen MR) is 138 cm³/mol. The Kier molecular flexibility index (Phi) is 8.91. The molecule has 0 heterocycles. The number of hydrogen-bond acceptors (Lipinski definition) is 8. The van der Waals surface area contributed by atoms with Crippen LogP contribution in [0.1, 0.15) is 85.0 Å². The van der Waals surface area contributed by atoms with Gasteiger partial charge in [-0.25, -0.2) is 0 Å². The molecule has 0 aliphatic heterocycles. The van der Waals surface area contributed by atoms with Crippen LogP contribution in [-0.4, -0.2) is 56.0 Å². The fourth-order valence-corrected chi connectivity index (χ4v) is 9.62. The standard InChI is InChI=1S/C28H42F2O9S/c1-17(4-7-24(33)37-14-28(29,30)40(34,35)36)20-5-6-21-25-22(9-11-27(20,21)3)26(2)10-8-19(38-15-31)12-18(26)13-23(25)39-16-32/h15-23,25H,4-14H2,1-3H3,(H,34,35,36)/t17-,18?,19-,20-,21+,22+,23-,25+,26+,27-/m1/s1. The Bertz CT molecular complexity index is 1070. The molecule has 12 heteroatoms. The second-order valence-corrected chi connectivity index (χ2v) is 14.7. The topological polar surface area (TPSA) is 133 Å². The van der Waals surface area contributed by atoms with Crippen LogP contribution in [0.4, 0.5) is 8.78 Å². The number of halogens is 2. The second-order valence-electron chi connectivity index (χ2n) is 13.1. The Morgan fingerprint density at radius 3 is 2.33 bits per heavy atom. The van der Waals surface area contributed by atoms with Gasteiger partial charge < -0.3 is 14.2 Å². The molecular formula is C28H42F2O9S. The van der Waals surface area contributed by atoms with Crippen molar-refractivity contribution in [3.63, 3.8) is 0 Å². The SMILES string of the molecule is C[C@H](CCC(=O)OCC(F)(F)S(=O)(=O)O)[C@H]1CC[C@H]2[C@@H]3[C@H](OC=O)CC4C[C@H](OC=O)CC[C@]4(C)[C@H]3CC[C@]12C. The third-order valence-corrected chi connectivity index (χ3v) is 12.3. The van der Waals surface area contributed by atoms with E-state index in [4.69, 9.17) is 14.0 Å². The zero-order valence-corrected chi connectivity index (χ0v) is 24.2. The highest BCUT2D eigenvalue weighted by atomic mass is 32.2. The summed E-state index contributed by atoms with van der Waals surface area (Å²) in [5.74, 6) is 0.693. The van der Waals surface area contributed by atoms with Crippen LogP contribution in [0.25, 0.3) is 0 Å². The minimum absolute atomic E-state index is 0.0337. The summed E-state index contributed by atoms with van der Waals surface area (Å²) in [7, 11) is -5.66. The first-order valence-corrected chi connectivity index (χ1v) is 15.8. The van der Waals surface area contributed by atoms with Gasteiger partial charge in [0.25, 0.3) is 12.9 Å². The summed E-state index contributed by atoms with van der Waals surface area (Å²) in [6, 6.07) is 0. The van der Waals surface area contributed by atoms with Crippen molar-refractivity contribution < 1.29 is 50.3 Å². The molecule has 4 fully saturated rings. The molecule has 0 aromatic rings. The van der Waals surface area contributed by atoms with Gasteiger partial charge in [0, 0.05) is 12.3 Å². The van der Waals surface area contributed by atoms with Crippen molar-refractivity contribution in [1.29, 1.82) is 0 Å². The molecule has 0 radical (unpaired) electrons. The van der Waals surface area contributed by atoms with E-state index in [1.807, 2.05) is 0 Å². The quantitative estimate of drug-likeness (QED) is 0.156. The molecule has 4 saturated carbocycles. The maximum absolute atomic E-state index is 13.4. The average molecular weight is 593 g/mol. The van der Waals surface area contributed by atoms with Gasteiger partial charge in [0.1, 0.15) is 12.2 Å². The summed E-state index contributed by atoms with van der Waals surface area (Å²) in [5.41, 5.74) is 0.0447. The van der Waals surface area contributed by atoms with Gasteiger partial charge in [-0.2, -0.15) is 17.2 Å². The fourth-order valence-electron chi connectivity index (χ4n) is 9.41. The lowest BCUT2D eigenvalue weighted by atomic mass is 9.43. The van der Waals surface area contributed by atoms with Gasteiger partial charge in [-0.15, -0.1) is 0 Å². The number of hydrogen-bond donors (Lipinski definition) is 1. The molecule has 40 heavy (non-hydrogen) atoms. The van der Waals surface area contributed by atoms with Crippen molar-refractivity contribution in [3.8, 4) is 0 Å². The largest absolute Gasteiger partial charge is 0.465 e. The molecule has 228 valence electrons. The molecule has 1 N–H and O–H groups in total. The number of carbonyl (C=O) groups excluding carboxylic acids is 3. The lowest BCUT2D eigenvalue weighted by Gasteiger charge is -2.62. The molecule has 0 spiro atoms. The zero-order valence-electron chi connectivity index (χ0n) is 23.4. The molecular weight excluding hydrogens is 550 g/mol. The first-order valence-electron chi connectivity index (χ1n) is 14.4. The average Bonchev–Trinajstić information content (AvgIpc) is 3.23. The number of rotatable bonds is 11. The number of ether oxygens (including phenoxy) is 3. The van der Waals surface area contributed by atoms with Crippen LogP contribution >= 0.6 is 0 Å². The van der Waals surface area contributed by atoms with Gasteiger partial charge in [-0.05, 0) is 98.2 Å². The second kappa shape index (κ2) is 11.5. The Morgan fingerprint density at radius 1 is 1.02 bits per heavy atom. The summed E-state index contributed by atoms with van der Waals surface area (Å²) >= 11 is 0. The maximum Gasteiger partial charge on any atom is 0.402 e. The van der Waals surface area contributed by atoms with Crippen LogP contribution in [-0.2, 0) is 38.7 Å². The lowest BCUT2D eigenvalue weighted by molar-refractivity contribution is -0.190. The summed E-state index contributed by atoms with van der Waals surface area (Å²) < 4.78 is 72.5. The molecule has 1 unspecified atom stereocenters. The molecule has 0 saturated heterocycles. The Balaban J connectivity index is 1.43. The van der Waals surface area contributed by atoms with E-state index in [1.165, 1.54) is 0 Å². The minimum atomic E-state index is -5.66. The highest BCUT2D eigenvalue weighted by Crippen LogP contribution is 2.68. The normalized spacial score (nSPS) is 40.1. The molecule has 4 aliphatic carbocycles. The van der Waals surface area contributed by atoms with Crippen molar-refractivity contribution in [2.45, 2.75) is 102 Å². The zero-order chi connectivity index (χ0) is 29.5. The van der Waals surface area contributed by atoms with Crippen LogP contribution in [0.2, 0.25) is 0 Å². The van der Waals surface area contributed by atoms with Crippen molar-refractivity contribution in [2.24, 2.45) is 46.3 Å². The summed E-state index contributed by atoms with van der Waals surface area (Å²) in [5, 5.41) is -4.55. The minimum Gasteiger partial charge on any atom is -0.465 e. The van der Waals surface area contributed by atoms with Gasteiger partial charge in [0.05, 0.1) is 0 Å². The third kappa shape index (κ3) is 5.63. The highest BCUT2D eigenvalue weighted by Gasteiger charge is 2.63. The van der Waals surface area contributed by atoms with E-state index in [9.17, 15) is 31.6 Å². The van der Waals surface area contributed by atoms with E-state index in [-0.39, 0.29) is 47.2 Å². The molecule has 4 aliphatic rings. The van der Waals surface area contributed by atoms with Gasteiger partial charge >= 0.3 is 21.3 Å². The number of esters is 1. The van der Waals surface area contributed by atoms with Gasteiger partial charge in [0.15, 0.2) is 6.61 Å². The van der Waals surface area contributed by atoms with Crippen molar-refractivity contribution in [2.75, 3.05) is 6.61 Å². The van der Waals surface area contributed by atoms with Gasteiger partial charge in [-0.3, -0.25) is 18.9 Å². The summed E-state index contributed by atoms with van der Waals surface area (Å²) in [6.07, 6.45) is 7.24. The van der Waals surface area contributed by atoms with E-state index in [1.54, 1.807) is 0 Å². The van der Waals surface area contributed by atoms with Gasteiger partial charge in [0.2, 0.25) is 0 Å². The van der Waals surface area contributed by atoms with Crippen molar-refractivity contribution in [3.05, 3.63) is 0 Å². The van der Waals surface area contributed by atoms with Crippen molar-refractivity contribution in [1.82, 2.24) is 0 Å². The maximum atomic E-state index is 13.4. The smallest absolute Gasteiger partial charge is 0.402 e. The van der Waals surface area contributed by atoms with Crippen LogP contribution in [0.3, 0.4) is 0 Å². The molecule has 0 bridgehead atoms. The number of carbonyl (C=O) groups is 3. The fraction of sp³-hybridized carbons (Fsp3) is 0.893. The monoisotopic (exact) mass is 592 g/mol. The molecule has 10 atom stereocenters. The first-order chi connectivity index (χ1) is 18.7. The van der Waals surface area contributed by atoms with Crippen LogP contribution in [0.15, 0.2) is 0 Å². The van der Waals surface area contributed by atoms with Crippen LogP contribution in [0.5, 0.6) is 0 Å². The lowest BCUT2D eigenvalue weighted by Crippen LogP contribution is -2.59. The Morgan fingerprint density at radius 2 is 1.68 bits per heavy atom. The van der Waals surface area contributed by atoms with E-state index in [0.29, 0.717) is 37.1 Å². The van der Waals surface area contributed by atoms with E-state index in [2.05, 4.69) is 25.5 Å². The van der Waals surface area contributed by atoms with Gasteiger partial charge in [-0.1, -0.05) is 20.8 Å². The third-order valence-electron chi connectivity index (χ3n) is 11.4. The van der Waals surface area contributed by atoms with E-state index in [0.717, 1.165) is 51.4 Å². The van der Waals surface area contributed by atoms with Crippen LogP contribution < -0.4 is 0 Å². The number of fused-ring (bicyclic) bond motifs is 5.